The molecule has 7 nitrogen and oxygen atoms in total. The van der Waals surface area contributed by atoms with Crippen LogP contribution in [0.4, 0.5) is 5.82 Å². The van der Waals surface area contributed by atoms with Gasteiger partial charge in [-0.05, 0) is 44.2 Å². The summed E-state index contributed by atoms with van der Waals surface area (Å²) in [6, 6.07) is 9.01. The largest absolute Gasteiger partial charge is 0.355 e. The quantitative estimate of drug-likeness (QED) is 0.862. The highest BCUT2D eigenvalue weighted by atomic mass is 16.2. The zero-order chi connectivity index (χ0) is 20.1. The highest BCUT2D eigenvalue weighted by Crippen LogP contribution is 2.38. The summed E-state index contributed by atoms with van der Waals surface area (Å²) in [5, 5.41) is 2.79. The van der Waals surface area contributed by atoms with E-state index in [9.17, 15) is 9.59 Å². The SMILES string of the molecule is O=C(NCC(=O)N1CCCC12CCCN(c1cnccn1)CC2)c1ccccc1. The lowest BCUT2D eigenvalue weighted by molar-refractivity contribution is -0.134. The third kappa shape index (κ3) is 4.23. The van der Waals surface area contributed by atoms with Crippen LogP contribution in [0.15, 0.2) is 48.9 Å². The molecule has 1 unspecified atom stereocenters. The number of nitrogens with zero attached hydrogens (tertiary/aromatic N) is 4. The van der Waals surface area contributed by atoms with Crippen molar-refractivity contribution in [3.05, 3.63) is 54.5 Å². The Balaban J connectivity index is 1.39. The molecule has 2 aliphatic rings. The minimum absolute atomic E-state index is 0.0136. The first-order valence-electron chi connectivity index (χ1n) is 10.3. The molecule has 1 spiro atoms. The molecule has 0 saturated carbocycles. The molecule has 1 aromatic heterocycles. The van der Waals surface area contributed by atoms with Crippen LogP contribution in [0, 0.1) is 0 Å². The maximum absolute atomic E-state index is 13.0. The molecule has 2 fully saturated rings. The Morgan fingerprint density at radius 3 is 2.55 bits per heavy atom. The topological polar surface area (TPSA) is 78.4 Å². The zero-order valence-electron chi connectivity index (χ0n) is 16.6. The Kier molecular flexibility index (Phi) is 5.74. The van der Waals surface area contributed by atoms with Gasteiger partial charge < -0.3 is 15.1 Å². The van der Waals surface area contributed by atoms with Gasteiger partial charge in [0.05, 0.1) is 12.7 Å². The van der Waals surface area contributed by atoms with Crippen LogP contribution in [0.5, 0.6) is 0 Å². The zero-order valence-corrected chi connectivity index (χ0v) is 16.6. The van der Waals surface area contributed by atoms with Crippen molar-refractivity contribution >= 4 is 17.6 Å². The van der Waals surface area contributed by atoms with Gasteiger partial charge in [-0.1, -0.05) is 18.2 Å². The fraction of sp³-hybridized carbons (Fsp3) is 0.455. The van der Waals surface area contributed by atoms with Gasteiger partial charge >= 0.3 is 0 Å². The molecule has 2 amide bonds. The van der Waals surface area contributed by atoms with Crippen molar-refractivity contribution in [1.82, 2.24) is 20.2 Å². The molecule has 7 heteroatoms. The predicted molar refractivity (Wildman–Crippen MR) is 111 cm³/mol. The number of amides is 2. The predicted octanol–water partition coefficient (Wildman–Crippen LogP) is 2.26. The Morgan fingerprint density at radius 1 is 1.00 bits per heavy atom. The molecule has 0 radical (unpaired) electrons. The summed E-state index contributed by atoms with van der Waals surface area (Å²) < 4.78 is 0. The molecule has 2 saturated heterocycles. The average Bonchev–Trinajstić information content (AvgIpc) is 3.06. The lowest BCUT2D eigenvalue weighted by atomic mass is 9.87. The van der Waals surface area contributed by atoms with Gasteiger partial charge in [-0.25, -0.2) is 4.98 Å². The first-order valence-corrected chi connectivity index (χ1v) is 10.3. The molecule has 2 aliphatic heterocycles. The second kappa shape index (κ2) is 8.59. The van der Waals surface area contributed by atoms with Gasteiger partial charge in [0.25, 0.3) is 5.91 Å². The molecule has 0 aliphatic carbocycles. The van der Waals surface area contributed by atoms with Crippen LogP contribution >= 0.6 is 0 Å². The smallest absolute Gasteiger partial charge is 0.251 e. The number of rotatable bonds is 4. The maximum Gasteiger partial charge on any atom is 0.251 e. The van der Waals surface area contributed by atoms with E-state index in [1.807, 2.05) is 23.1 Å². The number of aromatic nitrogens is 2. The van der Waals surface area contributed by atoms with Crippen LogP contribution in [0.3, 0.4) is 0 Å². The van der Waals surface area contributed by atoms with Crippen LogP contribution < -0.4 is 10.2 Å². The van der Waals surface area contributed by atoms with Gasteiger partial charge in [0.15, 0.2) is 0 Å². The van der Waals surface area contributed by atoms with Crippen molar-refractivity contribution in [1.29, 1.82) is 0 Å². The molecule has 2 aromatic rings. The van der Waals surface area contributed by atoms with Crippen molar-refractivity contribution in [2.75, 3.05) is 31.1 Å². The first-order chi connectivity index (χ1) is 14.2. The normalized spacial score (nSPS) is 21.8. The molecule has 4 rings (SSSR count). The minimum Gasteiger partial charge on any atom is -0.355 e. The number of likely N-dealkylation sites (tertiary alicyclic amines) is 1. The second-order valence-electron chi connectivity index (χ2n) is 7.83. The molecule has 1 atom stereocenters. The van der Waals surface area contributed by atoms with E-state index in [1.54, 1.807) is 30.7 Å². The fourth-order valence-corrected chi connectivity index (χ4v) is 4.65. The number of hydrogen-bond donors (Lipinski definition) is 1. The lowest BCUT2D eigenvalue weighted by Crippen LogP contribution is -2.51. The lowest BCUT2D eigenvalue weighted by Gasteiger charge is -2.38. The third-order valence-electron chi connectivity index (χ3n) is 6.12. The van der Waals surface area contributed by atoms with Crippen LogP contribution in [0.25, 0.3) is 0 Å². The van der Waals surface area contributed by atoms with E-state index in [-0.39, 0.29) is 23.9 Å². The summed E-state index contributed by atoms with van der Waals surface area (Å²) in [6.45, 7) is 2.60. The van der Waals surface area contributed by atoms with Crippen LogP contribution in [0.2, 0.25) is 0 Å². The van der Waals surface area contributed by atoms with Crippen LogP contribution in [0.1, 0.15) is 42.5 Å². The molecular formula is C22H27N5O2. The van der Waals surface area contributed by atoms with Gasteiger partial charge in [-0.2, -0.15) is 0 Å². The van der Waals surface area contributed by atoms with Crippen molar-refractivity contribution in [3.63, 3.8) is 0 Å². The summed E-state index contributed by atoms with van der Waals surface area (Å²) in [6.07, 6.45) is 10.2. The van der Waals surface area contributed by atoms with Crippen LogP contribution in [-0.2, 0) is 4.79 Å². The summed E-state index contributed by atoms with van der Waals surface area (Å²) in [5.41, 5.74) is 0.469. The molecular weight excluding hydrogens is 366 g/mol. The van der Waals surface area contributed by atoms with E-state index in [2.05, 4.69) is 20.2 Å². The van der Waals surface area contributed by atoms with Crippen molar-refractivity contribution in [2.45, 2.75) is 37.6 Å². The van der Waals surface area contributed by atoms with E-state index in [0.29, 0.717) is 5.56 Å². The molecule has 3 heterocycles. The van der Waals surface area contributed by atoms with Crippen LogP contribution in [-0.4, -0.2) is 58.4 Å². The number of carbonyl (C=O) groups excluding carboxylic acids is 2. The molecule has 1 aromatic carbocycles. The molecule has 29 heavy (non-hydrogen) atoms. The molecule has 0 bridgehead atoms. The van der Waals surface area contributed by atoms with Crippen molar-refractivity contribution in [3.8, 4) is 0 Å². The number of benzene rings is 1. The maximum atomic E-state index is 13.0. The van der Waals surface area contributed by atoms with E-state index in [0.717, 1.165) is 57.6 Å². The summed E-state index contributed by atoms with van der Waals surface area (Å²) in [5.74, 6) is 0.706. The first kappa shape index (κ1) is 19.4. The summed E-state index contributed by atoms with van der Waals surface area (Å²) in [7, 11) is 0. The molecule has 152 valence electrons. The molecule has 1 N–H and O–H groups in total. The second-order valence-corrected chi connectivity index (χ2v) is 7.83. The van der Waals surface area contributed by atoms with E-state index in [4.69, 9.17) is 0 Å². The number of anilines is 1. The van der Waals surface area contributed by atoms with Gasteiger partial charge in [0.2, 0.25) is 5.91 Å². The Labute approximate surface area is 171 Å². The highest BCUT2D eigenvalue weighted by molar-refractivity contribution is 5.96. The fourth-order valence-electron chi connectivity index (χ4n) is 4.65. The average molecular weight is 393 g/mol. The van der Waals surface area contributed by atoms with Gasteiger partial charge in [0, 0.05) is 43.1 Å². The number of carbonyl (C=O) groups is 2. The van der Waals surface area contributed by atoms with Crippen molar-refractivity contribution in [2.24, 2.45) is 0 Å². The number of nitrogens with one attached hydrogen (secondary N) is 1. The van der Waals surface area contributed by atoms with Gasteiger partial charge in [-0.15, -0.1) is 0 Å². The van der Waals surface area contributed by atoms with Crippen molar-refractivity contribution < 1.29 is 9.59 Å². The van der Waals surface area contributed by atoms with Gasteiger partial charge in [-0.3, -0.25) is 14.6 Å². The highest BCUT2D eigenvalue weighted by Gasteiger charge is 2.44. The Bertz CT molecular complexity index is 845. The Hall–Kier alpha value is -2.96. The van der Waals surface area contributed by atoms with E-state index < -0.39 is 0 Å². The number of hydrogen-bond acceptors (Lipinski definition) is 5. The third-order valence-corrected chi connectivity index (χ3v) is 6.12. The monoisotopic (exact) mass is 393 g/mol. The Morgan fingerprint density at radius 2 is 1.79 bits per heavy atom. The van der Waals surface area contributed by atoms with E-state index >= 15 is 0 Å². The van der Waals surface area contributed by atoms with Gasteiger partial charge in [0.1, 0.15) is 5.82 Å². The minimum atomic E-state index is -0.207. The standard InChI is InChI=1S/C22H27N5O2/c28-20(17-25-21(29)18-6-2-1-3-7-18)27-14-5-9-22(27)8-4-13-26(15-10-22)19-16-23-11-12-24-19/h1-3,6-7,11-12,16H,4-5,8-10,13-15,17H2,(H,25,29). The summed E-state index contributed by atoms with van der Waals surface area (Å²) in [4.78, 5) is 38.2. The summed E-state index contributed by atoms with van der Waals surface area (Å²) >= 11 is 0. The van der Waals surface area contributed by atoms with E-state index in [1.165, 1.54) is 0 Å².